The molecule has 1 N–H and O–H groups in total. The van der Waals surface area contributed by atoms with Crippen LogP contribution < -0.4 is 5.32 Å². The molecule has 1 rings (SSSR count). The lowest BCUT2D eigenvalue weighted by Crippen LogP contribution is -2.30. The average Bonchev–Trinajstić information content (AvgIpc) is 2.28. The Hall–Kier alpha value is -1.09. The molecule has 0 aliphatic heterocycles. The Morgan fingerprint density at radius 2 is 2.06 bits per heavy atom. The third kappa shape index (κ3) is 4.62. The van der Waals surface area contributed by atoms with Crippen LogP contribution in [-0.4, -0.2) is 11.9 Å². The number of benzene rings is 1. The standard InChI is InChI=1S/C13H16BrNO/c1-3-10(2)15-13(16)9-6-11-4-7-12(14)8-5-11/h4-10H,3H2,1-2H3,(H,15,16)/b9-6+. The van der Waals surface area contributed by atoms with E-state index in [0.29, 0.717) is 0 Å². The summed E-state index contributed by atoms with van der Waals surface area (Å²) in [5.74, 6) is -0.0442. The van der Waals surface area contributed by atoms with Crippen LogP contribution >= 0.6 is 15.9 Å². The third-order valence-corrected chi connectivity index (χ3v) is 2.83. The number of amides is 1. The topological polar surface area (TPSA) is 29.1 Å². The van der Waals surface area contributed by atoms with E-state index in [2.05, 4.69) is 21.2 Å². The molecule has 0 aliphatic carbocycles. The van der Waals surface area contributed by atoms with Crippen molar-refractivity contribution in [2.45, 2.75) is 26.3 Å². The second kappa shape index (κ2) is 6.48. The van der Waals surface area contributed by atoms with Crippen molar-refractivity contribution in [2.75, 3.05) is 0 Å². The predicted octanol–water partition coefficient (Wildman–Crippen LogP) is 3.38. The molecule has 2 nitrogen and oxygen atoms in total. The summed E-state index contributed by atoms with van der Waals surface area (Å²) in [5, 5.41) is 2.88. The molecule has 1 aromatic carbocycles. The molecule has 86 valence electrons. The molecule has 0 fully saturated rings. The highest BCUT2D eigenvalue weighted by molar-refractivity contribution is 9.10. The number of rotatable bonds is 4. The van der Waals surface area contributed by atoms with Crippen molar-refractivity contribution in [3.8, 4) is 0 Å². The first-order valence-corrected chi connectivity index (χ1v) is 6.15. The Morgan fingerprint density at radius 3 is 2.62 bits per heavy atom. The second-order valence-electron chi connectivity index (χ2n) is 3.70. The molecule has 0 radical (unpaired) electrons. The Labute approximate surface area is 105 Å². The molecule has 1 aromatic rings. The van der Waals surface area contributed by atoms with E-state index in [1.807, 2.05) is 44.2 Å². The number of carbonyl (C=O) groups is 1. The quantitative estimate of drug-likeness (QED) is 0.843. The lowest BCUT2D eigenvalue weighted by Gasteiger charge is -2.08. The van der Waals surface area contributed by atoms with Crippen molar-refractivity contribution in [1.82, 2.24) is 5.32 Å². The van der Waals surface area contributed by atoms with Crippen molar-refractivity contribution in [1.29, 1.82) is 0 Å². The van der Waals surface area contributed by atoms with E-state index >= 15 is 0 Å². The summed E-state index contributed by atoms with van der Waals surface area (Å²) in [6.45, 7) is 4.04. The van der Waals surface area contributed by atoms with Gasteiger partial charge < -0.3 is 5.32 Å². The summed E-state index contributed by atoms with van der Waals surface area (Å²) >= 11 is 3.36. The number of halogens is 1. The average molecular weight is 282 g/mol. The molecule has 16 heavy (non-hydrogen) atoms. The minimum absolute atomic E-state index is 0.0442. The van der Waals surface area contributed by atoms with Crippen LogP contribution in [-0.2, 0) is 4.79 Å². The molecule has 0 aromatic heterocycles. The van der Waals surface area contributed by atoms with Gasteiger partial charge in [0, 0.05) is 16.6 Å². The number of carbonyl (C=O) groups excluding carboxylic acids is 1. The van der Waals surface area contributed by atoms with Crippen molar-refractivity contribution in [2.24, 2.45) is 0 Å². The molecule has 0 spiro atoms. The molecule has 0 heterocycles. The lowest BCUT2D eigenvalue weighted by molar-refractivity contribution is -0.117. The number of hydrogen-bond acceptors (Lipinski definition) is 1. The van der Waals surface area contributed by atoms with Crippen LogP contribution in [0, 0.1) is 0 Å². The van der Waals surface area contributed by atoms with Crippen LogP contribution in [0.2, 0.25) is 0 Å². The zero-order chi connectivity index (χ0) is 12.0. The third-order valence-electron chi connectivity index (χ3n) is 2.30. The van der Waals surface area contributed by atoms with Crippen molar-refractivity contribution in [3.05, 3.63) is 40.4 Å². The summed E-state index contributed by atoms with van der Waals surface area (Å²) in [6, 6.07) is 8.04. The molecule has 1 atom stereocenters. The maximum absolute atomic E-state index is 11.4. The van der Waals surface area contributed by atoms with E-state index < -0.39 is 0 Å². The van der Waals surface area contributed by atoms with E-state index in [4.69, 9.17) is 0 Å². The normalized spacial score (nSPS) is 12.7. The zero-order valence-corrected chi connectivity index (χ0v) is 11.1. The van der Waals surface area contributed by atoms with Gasteiger partial charge in [-0.3, -0.25) is 4.79 Å². The van der Waals surface area contributed by atoms with Crippen LogP contribution in [0.3, 0.4) is 0 Å². The molecular formula is C13H16BrNO. The minimum Gasteiger partial charge on any atom is -0.350 e. The van der Waals surface area contributed by atoms with Crippen LogP contribution in [0.1, 0.15) is 25.8 Å². The highest BCUT2D eigenvalue weighted by atomic mass is 79.9. The van der Waals surface area contributed by atoms with Gasteiger partial charge >= 0.3 is 0 Å². The Bertz CT molecular complexity index is 370. The van der Waals surface area contributed by atoms with E-state index in [-0.39, 0.29) is 11.9 Å². The Kier molecular flexibility index (Phi) is 5.26. The van der Waals surface area contributed by atoms with Crippen molar-refractivity contribution >= 4 is 27.9 Å². The van der Waals surface area contributed by atoms with Gasteiger partial charge in [0.2, 0.25) is 5.91 Å². The van der Waals surface area contributed by atoms with Gasteiger partial charge in [0.05, 0.1) is 0 Å². The van der Waals surface area contributed by atoms with Gasteiger partial charge in [-0.05, 0) is 37.1 Å². The smallest absolute Gasteiger partial charge is 0.244 e. The van der Waals surface area contributed by atoms with Crippen LogP contribution in [0.5, 0.6) is 0 Å². The fourth-order valence-electron chi connectivity index (χ4n) is 1.14. The van der Waals surface area contributed by atoms with Gasteiger partial charge in [-0.25, -0.2) is 0 Å². The monoisotopic (exact) mass is 281 g/mol. The lowest BCUT2D eigenvalue weighted by atomic mass is 10.2. The molecule has 1 amide bonds. The van der Waals surface area contributed by atoms with E-state index in [1.165, 1.54) is 0 Å². The summed E-state index contributed by atoms with van der Waals surface area (Å²) in [5.41, 5.74) is 1.02. The summed E-state index contributed by atoms with van der Waals surface area (Å²) in [7, 11) is 0. The van der Waals surface area contributed by atoms with E-state index in [1.54, 1.807) is 6.08 Å². The zero-order valence-electron chi connectivity index (χ0n) is 9.53. The summed E-state index contributed by atoms with van der Waals surface area (Å²) in [6.07, 6.45) is 4.32. The van der Waals surface area contributed by atoms with Crippen LogP contribution in [0.4, 0.5) is 0 Å². The molecule has 3 heteroatoms. The van der Waals surface area contributed by atoms with E-state index in [9.17, 15) is 4.79 Å². The minimum atomic E-state index is -0.0442. The SMILES string of the molecule is CCC(C)NC(=O)/C=C/c1ccc(Br)cc1. The van der Waals surface area contributed by atoms with Gasteiger partial charge in [-0.2, -0.15) is 0 Å². The molecular weight excluding hydrogens is 266 g/mol. The van der Waals surface area contributed by atoms with Crippen molar-refractivity contribution < 1.29 is 4.79 Å². The molecule has 1 unspecified atom stereocenters. The number of nitrogens with one attached hydrogen (secondary N) is 1. The van der Waals surface area contributed by atoms with Crippen molar-refractivity contribution in [3.63, 3.8) is 0 Å². The largest absolute Gasteiger partial charge is 0.350 e. The van der Waals surface area contributed by atoms with Gasteiger partial charge in [0.15, 0.2) is 0 Å². The molecule has 0 aliphatic rings. The van der Waals surface area contributed by atoms with Crippen LogP contribution in [0.15, 0.2) is 34.8 Å². The first-order valence-electron chi connectivity index (χ1n) is 5.36. The first kappa shape index (κ1) is 13.0. The Morgan fingerprint density at radius 1 is 1.44 bits per heavy atom. The summed E-state index contributed by atoms with van der Waals surface area (Å²) < 4.78 is 1.04. The van der Waals surface area contributed by atoms with Gasteiger partial charge in [-0.15, -0.1) is 0 Å². The first-order chi connectivity index (χ1) is 7.61. The predicted molar refractivity (Wildman–Crippen MR) is 71.1 cm³/mol. The van der Waals surface area contributed by atoms with Crippen LogP contribution in [0.25, 0.3) is 6.08 Å². The fourth-order valence-corrected chi connectivity index (χ4v) is 1.40. The molecule has 0 saturated heterocycles. The summed E-state index contributed by atoms with van der Waals surface area (Å²) in [4.78, 5) is 11.4. The van der Waals surface area contributed by atoms with Gasteiger partial charge in [0.25, 0.3) is 0 Å². The number of hydrogen-bond donors (Lipinski definition) is 1. The molecule has 0 bridgehead atoms. The van der Waals surface area contributed by atoms with Gasteiger partial charge in [0.1, 0.15) is 0 Å². The van der Waals surface area contributed by atoms with Gasteiger partial charge in [-0.1, -0.05) is 35.0 Å². The van der Waals surface area contributed by atoms with E-state index in [0.717, 1.165) is 16.5 Å². The maximum Gasteiger partial charge on any atom is 0.244 e. The fraction of sp³-hybridized carbons (Fsp3) is 0.308. The Balaban J connectivity index is 2.53. The highest BCUT2D eigenvalue weighted by Gasteiger charge is 2.00. The molecule has 0 saturated carbocycles. The highest BCUT2D eigenvalue weighted by Crippen LogP contribution is 2.11. The second-order valence-corrected chi connectivity index (χ2v) is 4.62. The maximum atomic E-state index is 11.4.